The molecule has 92 valence electrons. The molecule has 4 nitrogen and oxygen atoms in total. The molecule has 2 rings (SSSR count). The van der Waals surface area contributed by atoms with Crippen LogP contribution in [0.15, 0.2) is 30.3 Å². The van der Waals surface area contributed by atoms with Crippen LogP contribution in [0.25, 0.3) is 0 Å². The monoisotopic (exact) mass is 235 g/mol. The van der Waals surface area contributed by atoms with Gasteiger partial charge >= 0.3 is 5.97 Å². The highest BCUT2D eigenvalue weighted by Gasteiger charge is 2.47. The lowest BCUT2D eigenvalue weighted by atomic mass is 9.92. The van der Waals surface area contributed by atoms with E-state index in [1.165, 1.54) is 0 Å². The van der Waals surface area contributed by atoms with Crippen molar-refractivity contribution >= 4 is 5.97 Å². The molecule has 1 aromatic rings. The first-order valence-corrected chi connectivity index (χ1v) is 5.79. The molecule has 1 heterocycles. The summed E-state index contributed by atoms with van der Waals surface area (Å²) in [6.45, 7) is 2.84. The largest absolute Gasteiger partial charge is 0.480 e. The fourth-order valence-corrected chi connectivity index (χ4v) is 2.19. The molecule has 4 heteroatoms. The average molecular weight is 235 g/mol. The summed E-state index contributed by atoms with van der Waals surface area (Å²) < 4.78 is 5.38. The van der Waals surface area contributed by atoms with E-state index in [1.807, 2.05) is 30.3 Å². The van der Waals surface area contributed by atoms with Crippen LogP contribution in [0, 0.1) is 0 Å². The summed E-state index contributed by atoms with van der Waals surface area (Å²) in [5, 5.41) is 12.5. The molecular formula is C13H17NO3. The fourth-order valence-electron chi connectivity index (χ4n) is 2.19. The number of carboxylic acid groups (broad SMARTS) is 1. The van der Waals surface area contributed by atoms with Crippen LogP contribution in [0.2, 0.25) is 0 Å². The van der Waals surface area contributed by atoms with Crippen molar-refractivity contribution in [1.29, 1.82) is 0 Å². The van der Waals surface area contributed by atoms with Crippen molar-refractivity contribution in [2.45, 2.75) is 31.5 Å². The normalized spacial score (nSPS) is 28.2. The van der Waals surface area contributed by atoms with E-state index in [-0.39, 0.29) is 6.10 Å². The minimum Gasteiger partial charge on any atom is -0.480 e. The molecule has 1 aliphatic rings. The van der Waals surface area contributed by atoms with Crippen molar-refractivity contribution in [3.63, 3.8) is 0 Å². The van der Waals surface area contributed by atoms with Crippen LogP contribution >= 0.6 is 0 Å². The van der Waals surface area contributed by atoms with E-state index < -0.39 is 11.5 Å². The summed E-state index contributed by atoms with van der Waals surface area (Å²) in [6, 6.07) is 9.78. The Morgan fingerprint density at radius 1 is 1.53 bits per heavy atom. The standard InChI is InChI=1S/C13H17NO3/c1-10-13(12(15)16,7-8-17-10)14-9-11-5-3-2-4-6-11/h2-6,10,14H,7-9H2,1H3,(H,15,16). The van der Waals surface area contributed by atoms with Gasteiger partial charge in [0.05, 0.1) is 6.10 Å². The third kappa shape index (κ3) is 2.33. The predicted molar refractivity (Wildman–Crippen MR) is 63.7 cm³/mol. The Balaban J connectivity index is 2.07. The lowest BCUT2D eigenvalue weighted by molar-refractivity contribution is -0.147. The Kier molecular flexibility index (Phi) is 3.45. The number of hydrogen-bond acceptors (Lipinski definition) is 3. The average Bonchev–Trinajstić information content (AvgIpc) is 2.71. The van der Waals surface area contributed by atoms with Gasteiger partial charge in [-0.3, -0.25) is 10.1 Å². The molecule has 0 aliphatic carbocycles. The van der Waals surface area contributed by atoms with Gasteiger partial charge in [0.1, 0.15) is 5.54 Å². The molecule has 1 fully saturated rings. The quantitative estimate of drug-likeness (QED) is 0.828. The molecule has 2 N–H and O–H groups in total. The van der Waals surface area contributed by atoms with Crippen molar-refractivity contribution in [3.8, 4) is 0 Å². The molecular weight excluding hydrogens is 218 g/mol. The number of aliphatic carboxylic acids is 1. The number of rotatable bonds is 4. The Morgan fingerprint density at radius 3 is 2.76 bits per heavy atom. The molecule has 1 aliphatic heterocycles. The second kappa shape index (κ2) is 4.85. The van der Waals surface area contributed by atoms with Gasteiger partial charge in [-0.05, 0) is 12.5 Å². The molecule has 2 unspecified atom stereocenters. The summed E-state index contributed by atoms with van der Waals surface area (Å²) in [5.74, 6) is -0.835. The minimum absolute atomic E-state index is 0.302. The van der Waals surface area contributed by atoms with E-state index in [2.05, 4.69) is 5.32 Å². The molecule has 17 heavy (non-hydrogen) atoms. The van der Waals surface area contributed by atoms with Gasteiger partial charge in [-0.25, -0.2) is 0 Å². The van der Waals surface area contributed by atoms with E-state index in [9.17, 15) is 9.90 Å². The molecule has 1 saturated heterocycles. The van der Waals surface area contributed by atoms with Crippen LogP contribution in [0.3, 0.4) is 0 Å². The van der Waals surface area contributed by atoms with Crippen molar-refractivity contribution < 1.29 is 14.6 Å². The summed E-state index contributed by atoms with van der Waals surface area (Å²) >= 11 is 0. The second-order valence-electron chi connectivity index (χ2n) is 4.38. The lowest BCUT2D eigenvalue weighted by Gasteiger charge is -2.28. The van der Waals surface area contributed by atoms with Gasteiger partial charge in [0, 0.05) is 19.6 Å². The third-order valence-electron chi connectivity index (χ3n) is 3.39. The Morgan fingerprint density at radius 2 is 2.24 bits per heavy atom. The van der Waals surface area contributed by atoms with Gasteiger partial charge in [0.15, 0.2) is 0 Å². The highest BCUT2D eigenvalue weighted by molar-refractivity contribution is 5.80. The van der Waals surface area contributed by atoms with Gasteiger partial charge in [-0.15, -0.1) is 0 Å². The first kappa shape index (κ1) is 12.1. The second-order valence-corrected chi connectivity index (χ2v) is 4.38. The molecule has 2 atom stereocenters. The number of nitrogens with one attached hydrogen (secondary N) is 1. The molecule has 0 bridgehead atoms. The zero-order chi connectivity index (χ0) is 12.3. The number of carboxylic acids is 1. The Bertz CT molecular complexity index is 393. The molecule has 1 aromatic carbocycles. The van der Waals surface area contributed by atoms with Gasteiger partial charge in [-0.1, -0.05) is 30.3 Å². The first-order chi connectivity index (χ1) is 8.15. The van der Waals surface area contributed by atoms with Crippen LogP contribution in [0.5, 0.6) is 0 Å². The van der Waals surface area contributed by atoms with E-state index in [0.29, 0.717) is 19.6 Å². The van der Waals surface area contributed by atoms with Crippen LogP contribution in [-0.4, -0.2) is 29.3 Å². The van der Waals surface area contributed by atoms with E-state index in [4.69, 9.17) is 4.74 Å². The van der Waals surface area contributed by atoms with E-state index >= 15 is 0 Å². The van der Waals surface area contributed by atoms with Crippen LogP contribution in [-0.2, 0) is 16.1 Å². The lowest BCUT2D eigenvalue weighted by Crippen LogP contribution is -2.56. The van der Waals surface area contributed by atoms with Gasteiger partial charge in [-0.2, -0.15) is 0 Å². The van der Waals surface area contributed by atoms with Gasteiger partial charge in [0.2, 0.25) is 0 Å². The van der Waals surface area contributed by atoms with E-state index in [1.54, 1.807) is 6.92 Å². The topological polar surface area (TPSA) is 58.6 Å². The minimum atomic E-state index is -0.949. The molecule has 0 radical (unpaired) electrons. The number of benzene rings is 1. The molecule has 0 spiro atoms. The first-order valence-electron chi connectivity index (χ1n) is 5.79. The van der Waals surface area contributed by atoms with Crippen LogP contribution < -0.4 is 5.32 Å². The summed E-state index contributed by atoms with van der Waals surface area (Å²) in [4.78, 5) is 11.4. The number of hydrogen-bond donors (Lipinski definition) is 2. The number of ether oxygens (including phenoxy) is 1. The zero-order valence-electron chi connectivity index (χ0n) is 9.85. The van der Waals surface area contributed by atoms with Crippen molar-refractivity contribution in [3.05, 3.63) is 35.9 Å². The van der Waals surface area contributed by atoms with E-state index in [0.717, 1.165) is 5.56 Å². The maximum absolute atomic E-state index is 11.4. The van der Waals surface area contributed by atoms with Gasteiger partial charge < -0.3 is 9.84 Å². The SMILES string of the molecule is CC1OCCC1(NCc1ccccc1)C(=O)O. The maximum atomic E-state index is 11.4. The molecule has 0 aromatic heterocycles. The van der Waals surface area contributed by atoms with Crippen molar-refractivity contribution in [1.82, 2.24) is 5.32 Å². The fraction of sp³-hybridized carbons (Fsp3) is 0.462. The number of carbonyl (C=O) groups is 1. The van der Waals surface area contributed by atoms with Gasteiger partial charge in [0.25, 0.3) is 0 Å². The Hall–Kier alpha value is -1.39. The summed E-state index contributed by atoms with van der Waals surface area (Å²) in [7, 11) is 0. The van der Waals surface area contributed by atoms with Crippen LogP contribution in [0.1, 0.15) is 18.9 Å². The van der Waals surface area contributed by atoms with Crippen molar-refractivity contribution in [2.24, 2.45) is 0 Å². The summed E-state index contributed by atoms with van der Waals surface area (Å²) in [6.07, 6.45) is 0.208. The third-order valence-corrected chi connectivity index (χ3v) is 3.39. The maximum Gasteiger partial charge on any atom is 0.326 e. The van der Waals surface area contributed by atoms with Crippen LogP contribution in [0.4, 0.5) is 0 Å². The zero-order valence-corrected chi connectivity index (χ0v) is 9.85. The Labute approximate surface area is 101 Å². The smallest absolute Gasteiger partial charge is 0.326 e. The predicted octanol–water partition coefficient (Wildman–Crippen LogP) is 1.41. The highest BCUT2D eigenvalue weighted by atomic mass is 16.5. The molecule has 0 amide bonds. The summed E-state index contributed by atoms with van der Waals surface area (Å²) in [5.41, 5.74) is 0.128. The highest BCUT2D eigenvalue weighted by Crippen LogP contribution is 2.26. The molecule has 0 saturated carbocycles. The van der Waals surface area contributed by atoms with Crippen molar-refractivity contribution in [2.75, 3.05) is 6.61 Å².